The van der Waals surface area contributed by atoms with Crippen LogP contribution in [0, 0.1) is 5.82 Å². The van der Waals surface area contributed by atoms with Gasteiger partial charge in [0.15, 0.2) is 0 Å². The highest BCUT2D eigenvalue weighted by atomic mass is 79.9. The number of benzene rings is 1. The van der Waals surface area contributed by atoms with Crippen molar-refractivity contribution in [1.29, 1.82) is 0 Å². The second-order valence-corrected chi connectivity index (χ2v) is 8.66. The maximum atomic E-state index is 13.3. The molecule has 1 aliphatic rings. The molecule has 1 unspecified atom stereocenters. The maximum absolute atomic E-state index is 13.3. The summed E-state index contributed by atoms with van der Waals surface area (Å²) >= 11 is 4.73. The van der Waals surface area contributed by atoms with Crippen LogP contribution in [0.2, 0.25) is 0 Å². The van der Waals surface area contributed by atoms with E-state index in [2.05, 4.69) is 15.9 Å². The van der Waals surface area contributed by atoms with E-state index in [1.165, 1.54) is 10.4 Å². The minimum absolute atomic E-state index is 0.0418. The second-order valence-electron chi connectivity index (χ2n) is 4.35. The van der Waals surface area contributed by atoms with Crippen LogP contribution in [0.25, 0.3) is 0 Å². The number of sulfonamides is 1. The van der Waals surface area contributed by atoms with Crippen molar-refractivity contribution in [2.45, 2.75) is 17.1 Å². The van der Waals surface area contributed by atoms with Gasteiger partial charge in [0.1, 0.15) is 10.7 Å². The molecule has 0 bridgehead atoms. The first-order valence-corrected chi connectivity index (χ1v) is 8.97. The van der Waals surface area contributed by atoms with Crippen LogP contribution in [0.5, 0.6) is 0 Å². The Morgan fingerprint density at radius 1 is 1.53 bits per heavy atom. The fourth-order valence-electron chi connectivity index (χ4n) is 1.91. The molecule has 106 valence electrons. The van der Waals surface area contributed by atoms with Crippen LogP contribution < -0.4 is 5.73 Å². The Morgan fingerprint density at radius 3 is 2.84 bits per heavy atom. The predicted molar refractivity (Wildman–Crippen MR) is 79.2 cm³/mol. The Labute approximate surface area is 124 Å². The van der Waals surface area contributed by atoms with E-state index >= 15 is 0 Å². The third-order valence-corrected chi connectivity index (χ3v) is 6.54. The Bertz CT molecular complexity index is 595. The van der Waals surface area contributed by atoms with Crippen LogP contribution in [0.4, 0.5) is 10.1 Å². The summed E-state index contributed by atoms with van der Waals surface area (Å²) in [4.78, 5) is -0.0418. The van der Waals surface area contributed by atoms with E-state index in [9.17, 15) is 12.8 Å². The SMILES string of the molecule is CC1CN(S(=O)(=O)c2cc(Br)c(F)cc2N)CCS1. The quantitative estimate of drug-likeness (QED) is 0.813. The molecule has 1 aliphatic heterocycles. The third kappa shape index (κ3) is 3.07. The summed E-state index contributed by atoms with van der Waals surface area (Å²) in [6.45, 7) is 2.88. The van der Waals surface area contributed by atoms with E-state index in [4.69, 9.17) is 5.73 Å². The summed E-state index contributed by atoms with van der Waals surface area (Å²) in [7, 11) is -3.67. The molecule has 1 aromatic carbocycles. The van der Waals surface area contributed by atoms with E-state index in [1.807, 2.05) is 6.92 Å². The van der Waals surface area contributed by atoms with Crippen LogP contribution in [0.1, 0.15) is 6.92 Å². The molecule has 4 nitrogen and oxygen atoms in total. The number of halogens is 2. The zero-order valence-corrected chi connectivity index (χ0v) is 13.5. The lowest BCUT2D eigenvalue weighted by atomic mass is 10.3. The number of nitrogens with zero attached hydrogens (tertiary/aromatic N) is 1. The lowest BCUT2D eigenvalue weighted by Crippen LogP contribution is -2.41. The summed E-state index contributed by atoms with van der Waals surface area (Å²) in [5, 5.41) is 0.244. The van der Waals surface area contributed by atoms with Crippen LogP contribution in [-0.4, -0.2) is 36.8 Å². The zero-order valence-electron chi connectivity index (χ0n) is 10.3. The van der Waals surface area contributed by atoms with Gasteiger partial charge in [-0.05, 0) is 28.1 Å². The molecule has 1 aromatic rings. The number of anilines is 1. The lowest BCUT2D eigenvalue weighted by molar-refractivity contribution is 0.424. The molecule has 1 atom stereocenters. The molecule has 2 N–H and O–H groups in total. The Hall–Kier alpha value is -0.310. The molecule has 19 heavy (non-hydrogen) atoms. The van der Waals surface area contributed by atoms with E-state index in [-0.39, 0.29) is 20.3 Å². The average molecular weight is 369 g/mol. The van der Waals surface area contributed by atoms with Gasteiger partial charge >= 0.3 is 0 Å². The number of hydrogen-bond acceptors (Lipinski definition) is 4. The number of nitrogen functional groups attached to an aromatic ring is 1. The molecule has 0 spiro atoms. The maximum Gasteiger partial charge on any atom is 0.245 e. The van der Waals surface area contributed by atoms with Gasteiger partial charge < -0.3 is 5.73 Å². The summed E-state index contributed by atoms with van der Waals surface area (Å²) in [6, 6.07) is 2.26. The number of rotatable bonds is 2. The van der Waals surface area contributed by atoms with E-state index < -0.39 is 15.8 Å². The van der Waals surface area contributed by atoms with E-state index in [0.29, 0.717) is 13.1 Å². The normalized spacial score (nSPS) is 21.5. The van der Waals surface area contributed by atoms with Crippen molar-refractivity contribution in [2.24, 2.45) is 0 Å². The predicted octanol–water partition coefficient (Wildman–Crippen LogP) is 2.30. The number of hydrogen-bond donors (Lipinski definition) is 1. The first-order chi connectivity index (χ1) is 8.82. The van der Waals surface area contributed by atoms with Gasteiger partial charge in [-0.3, -0.25) is 0 Å². The van der Waals surface area contributed by atoms with Gasteiger partial charge in [-0.15, -0.1) is 0 Å². The highest BCUT2D eigenvalue weighted by molar-refractivity contribution is 9.10. The fourth-order valence-corrected chi connectivity index (χ4v) is 5.28. The van der Waals surface area contributed by atoms with Gasteiger partial charge in [0.25, 0.3) is 0 Å². The molecule has 1 fully saturated rings. The minimum atomic E-state index is -3.67. The highest BCUT2D eigenvalue weighted by Crippen LogP contribution is 2.30. The molecule has 0 aromatic heterocycles. The van der Waals surface area contributed by atoms with Gasteiger partial charge in [-0.25, -0.2) is 12.8 Å². The average Bonchev–Trinajstić information content (AvgIpc) is 2.33. The zero-order chi connectivity index (χ0) is 14.2. The molecule has 0 saturated carbocycles. The van der Waals surface area contributed by atoms with Crippen molar-refractivity contribution in [3.8, 4) is 0 Å². The van der Waals surface area contributed by atoms with Crippen molar-refractivity contribution in [3.63, 3.8) is 0 Å². The molecule has 2 rings (SSSR count). The van der Waals surface area contributed by atoms with Crippen molar-refractivity contribution < 1.29 is 12.8 Å². The summed E-state index contributed by atoms with van der Waals surface area (Å²) < 4.78 is 39.8. The van der Waals surface area contributed by atoms with Crippen LogP contribution in [0.3, 0.4) is 0 Å². The van der Waals surface area contributed by atoms with Crippen molar-refractivity contribution >= 4 is 43.4 Å². The molecule has 0 amide bonds. The molecule has 0 aliphatic carbocycles. The Kier molecular flexibility index (Phi) is 4.44. The van der Waals surface area contributed by atoms with E-state index in [0.717, 1.165) is 11.8 Å². The van der Waals surface area contributed by atoms with Crippen molar-refractivity contribution in [1.82, 2.24) is 4.31 Å². The number of thioether (sulfide) groups is 1. The first-order valence-electron chi connectivity index (χ1n) is 5.68. The first kappa shape index (κ1) is 15.1. The van der Waals surface area contributed by atoms with Gasteiger partial charge in [0.2, 0.25) is 10.0 Å². The smallest absolute Gasteiger partial charge is 0.245 e. The molecule has 8 heteroatoms. The summed E-state index contributed by atoms with van der Waals surface area (Å²) in [6.07, 6.45) is 0. The molecular weight excluding hydrogens is 355 g/mol. The van der Waals surface area contributed by atoms with Gasteiger partial charge in [0, 0.05) is 24.1 Å². The second kappa shape index (κ2) is 5.59. The molecule has 1 saturated heterocycles. The standard InChI is InChI=1S/C11H14BrFN2O2S2/c1-7-6-15(2-3-18-7)19(16,17)11-4-8(12)9(13)5-10(11)14/h4-5,7H,2-3,6,14H2,1H3. The molecular formula is C11H14BrFN2O2S2. The third-order valence-electron chi connectivity index (χ3n) is 2.87. The Balaban J connectivity index is 2.42. The van der Waals surface area contributed by atoms with Crippen molar-refractivity contribution in [2.75, 3.05) is 24.6 Å². The number of nitrogens with two attached hydrogens (primary N) is 1. The fraction of sp³-hybridized carbons (Fsp3) is 0.455. The summed E-state index contributed by atoms with van der Waals surface area (Å²) in [5.74, 6) is 0.182. The van der Waals surface area contributed by atoms with Crippen molar-refractivity contribution in [3.05, 3.63) is 22.4 Å². The van der Waals surface area contributed by atoms with Gasteiger partial charge in [-0.1, -0.05) is 6.92 Å². The highest BCUT2D eigenvalue weighted by Gasteiger charge is 2.31. The van der Waals surface area contributed by atoms with Crippen LogP contribution in [-0.2, 0) is 10.0 Å². The largest absolute Gasteiger partial charge is 0.398 e. The van der Waals surface area contributed by atoms with Crippen LogP contribution >= 0.6 is 27.7 Å². The van der Waals surface area contributed by atoms with Crippen LogP contribution in [0.15, 0.2) is 21.5 Å². The van der Waals surface area contributed by atoms with Gasteiger partial charge in [0.05, 0.1) is 10.2 Å². The Morgan fingerprint density at radius 2 is 2.21 bits per heavy atom. The van der Waals surface area contributed by atoms with E-state index in [1.54, 1.807) is 11.8 Å². The monoisotopic (exact) mass is 368 g/mol. The topological polar surface area (TPSA) is 63.4 Å². The molecule has 0 radical (unpaired) electrons. The summed E-state index contributed by atoms with van der Waals surface area (Å²) in [5.41, 5.74) is 5.58. The van der Waals surface area contributed by atoms with Gasteiger partial charge in [-0.2, -0.15) is 16.1 Å². The minimum Gasteiger partial charge on any atom is -0.398 e. The lowest BCUT2D eigenvalue weighted by Gasteiger charge is -2.30. The molecule has 1 heterocycles.